The molecule has 0 aliphatic carbocycles. The summed E-state index contributed by atoms with van der Waals surface area (Å²) in [5.41, 5.74) is 6.14. The third-order valence-corrected chi connectivity index (χ3v) is 6.97. The van der Waals surface area contributed by atoms with Crippen LogP contribution in [0.5, 0.6) is 0 Å². The van der Waals surface area contributed by atoms with Gasteiger partial charge in [-0.25, -0.2) is 0 Å². The van der Waals surface area contributed by atoms with Crippen molar-refractivity contribution in [3.05, 3.63) is 64.2 Å². The van der Waals surface area contributed by atoms with E-state index in [1.165, 1.54) is 16.2 Å². The second-order valence-electron chi connectivity index (χ2n) is 9.54. The van der Waals surface area contributed by atoms with Crippen LogP contribution in [0.1, 0.15) is 55.4 Å². The van der Waals surface area contributed by atoms with E-state index in [1.807, 2.05) is 38.1 Å². The number of benzene rings is 2. The van der Waals surface area contributed by atoms with Crippen molar-refractivity contribution in [3.8, 4) is 0 Å². The molecule has 0 spiro atoms. The lowest BCUT2D eigenvalue weighted by atomic mass is 9.79. The topological polar surface area (TPSA) is 52.7 Å². The van der Waals surface area contributed by atoms with E-state index in [1.54, 1.807) is 6.08 Å². The zero-order valence-electron chi connectivity index (χ0n) is 19.4. The van der Waals surface area contributed by atoms with Crippen LogP contribution in [0.3, 0.4) is 0 Å². The molecule has 0 aromatic heterocycles. The van der Waals surface area contributed by atoms with Crippen molar-refractivity contribution in [1.29, 1.82) is 0 Å². The molecule has 4 rings (SSSR count). The largest absolute Gasteiger partial charge is 0.369 e. The first-order chi connectivity index (χ1) is 15.0. The Morgan fingerprint density at radius 3 is 2.56 bits per heavy atom. The average Bonchev–Trinajstić information content (AvgIpc) is 2.69. The molecule has 2 aliphatic rings. The summed E-state index contributed by atoms with van der Waals surface area (Å²) in [6.45, 7) is 10.7. The first-order valence-electron chi connectivity index (χ1n) is 10.9. The summed E-state index contributed by atoms with van der Waals surface area (Å²) in [5.74, 6) is -0.499. The number of amides is 2. The van der Waals surface area contributed by atoms with Crippen LogP contribution in [-0.2, 0) is 9.59 Å². The van der Waals surface area contributed by atoms with Crippen LogP contribution in [0.25, 0.3) is 6.08 Å². The minimum Gasteiger partial charge on any atom is -0.369 e. The summed E-state index contributed by atoms with van der Waals surface area (Å²) in [6.07, 6.45) is 2.73. The van der Waals surface area contributed by atoms with E-state index in [2.05, 4.69) is 50.2 Å². The monoisotopic (exact) mass is 447 g/mol. The normalized spacial score (nSPS) is 21.6. The van der Waals surface area contributed by atoms with E-state index in [0.717, 1.165) is 23.1 Å². The lowest BCUT2D eigenvalue weighted by Gasteiger charge is -2.45. The average molecular weight is 448 g/mol. The highest BCUT2D eigenvalue weighted by atomic mass is 32.1. The molecular weight excluding hydrogens is 418 g/mol. The number of hydrogen-bond donors (Lipinski definition) is 1. The van der Waals surface area contributed by atoms with Crippen molar-refractivity contribution >= 4 is 46.6 Å². The standard InChI is InChI=1S/C26H29N3O2S/c1-15-8-7-9-19(10-15)29-24(31)21(23(30)27-25(29)32)13-18-12-20-17(3)14-26(4,5)28(6)22(20)11-16(18)2/h7-13,17H,14H2,1-6H3,(H,27,30,32)/b21-13+. The molecule has 0 saturated carbocycles. The van der Waals surface area contributed by atoms with Gasteiger partial charge < -0.3 is 4.90 Å². The molecule has 1 N–H and O–H groups in total. The zero-order valence-corrected chi connectivity index (χ0v) is 20.3. The molecule has 1 atom stereocenters. The van der Waals surface area contributed by atoms with E-state index in [0.29, 0.717) is 11.6 Å². The molecule has 2 aliphatic heterocycles. The molecule has 5 nitrogen and oxygen atoms in total. The smallest absolute Gasteiger partial charge is 0.270 e. The van der Waals surface area contributed by atoms with Gasteiger partial charge in [-0.05, 0) is 105 Å². The van der Waals surface area contributed by atoms with Crippen molar-refractivity contribution in [3.63, 3.8) is 0 Å². The van der Waals surface area contributed by atoms with Gasteiger partial charge in [0.2, 0.25) is 0 Å². The molecule has 2 aromatic rings. The SMILES string of the molecule is Cc1cccc(N2C(=O)/C(=C/c3cc4c(cc3C)N(C)C(C)(C)CC4C)C(=O)NC2=S)c1. The van der Waals surface area contributed by atoms with Crippen molar-refractivity contribution in [2.45, 2.75) is 52.5 Å². The summed E-state index contributed by atoms with van der Waals surface area (Å²) in [6, 6.07) is 11.8. The number of carbonyl (C=O) groups is 2. The van der Waals surface area contributed by atoms with Gasteiger partial charge in [0.1, 0.15) is 5.57 Å². The Bertz CT molecular complexity index is 1180. The van der Waals surface area contributed by atoms with Gasteiger partial charge in [-0.15, -0.1) is 0 Å². The lowest BCUT2D eigenvalue weighted by molar-refractivity contribution is -0.122. The summed E-state index contributed by atoms with van der Waals surface area (Å²) in [7, 11) is 2.13. The summed E-state index contributed by atoms with van der Waals surface area (Å²) in [4.78, 5) is 29.8. The van der Waals surface area contributed by atoms with Gasteiger partial charge in [-0.3, -0.25) is 19.8 Å². The van der Waals surface area contributed by atoms with E-state index in [4.69, 9.17) is 12.2 Å². The first-order valence-corrected chi connectivity index (χ1v) is 11.3. The van der Waals surface area contributed by atoms with Gasteiger partial charge in [-0.2, -0.15) is 0 Å². The summed E-state index contributed by atoms with van der Waals surface area (Å²) < 4.78 is 0. The van der Waals surface area contributed by atoms with Crippen LogP contribution in [0, 0.1) is 13.8 Å². The van der Waals surface area contributed by atoms with E-state index in [9.17, 15) is 9.59 Å². The van der Waals surface area contributed by atoms with Crippen molar-refractivity contribution < 1.29 is 9.59 Å². The Morgan fingerprint density at radius 1 is 1.16 bits per heavy atom. The Labute approximate surface area is 195 Å². The first kappa shape index (κ1) is 22.2. The number of nitrogens with one attached hydrogen (secondary N) is 1. The molecule has 0 bridgehead atoms. The fourth-order valence-corrected chi connectivity index (χ4v) is 4.99. The highest BCUT2D eigenvalue weighted by Crippen LogP contribution is 2.43. The molecule has 2 heterocycles. The summed E-state index contributed by atoms with van der Waals surface area (Å²) >= 11 is 5.32. The van der Waals surface area contributed by atoms with Crippen LogP contribution < -0.4 is 15.1 Å². The number of anilines is 2. The molecule has 6 heteroatoms. The quantitative estimate of drug-likeness (QED) is 0.406. The number of rotatable bonds is 2. The Balaban J connectivity index is 1.78. The Kier molecular flexibility index (Phi) is 5.45. The number of fused-ring (bicyclic) bond motifs is 1. The fourth-order valence-electron chi connectivity index (χ4n) is 4.70. The van der Waals surface area contributed by atoms with Crippen molar-refractivity contribution in [2.24, 2.45) is 0 Å². The van der Waals surface area contributed by atoms with Gasteiger partial charge in [0.15, 0.2) is 5.11 Å². The van der Waals surface area contributed by atoms with Crippen LogP contribution in [0.2, 0.25) is 0 Å². The highest BCUT2D eigenvalue weighted by Gasteiger charge is 2.36. The molecule has 2 aromatic carbocycles. The Hall–Kier alpha value is -2.99. The maximum atomic E-state index is 13.4. The predicted molar refractivity (Wildman–Crippen MR) is 134 cm³/mol. The minimum absolute atomic E-state index is 0.0715. The maximum absolute atomic E-state index is 13.4. The van der Waals surface area contributed by atoms with Crippen molar-refractivity contribution in [1.82, 2.24) is 5.32 Å². The number of aryl methyl sites for hydroxylation is 2. The minimum atomic E-state index is -0.465. The Morgan fingerprint density at radius 2 is 1.88 bits per heavy atom. The van der Waals surface area contributed by atoms with Crippen LogP contribution >= 0.6 is 12.2 Å². The molecule has 166 valence electrons. The van der Waals surface area contributed by atoms with Gasteiger partial charge >= 0.3 is 0 Å². The molecule has 1 unspecified atom stereocenters. The molecular formula is C26H29N3O2S. The number of thiocarbonyl (C=S) groups is 1. The lowest BCUT2D eigenvalue weighted by Crippen LogP contribution is -2.54. The van der Waals surface area contributed by atoms with Crippen LogP contribution in [0.15, 0.2) is 42.0 Å². The third-order valence-electron chi connectivity index (χ3n) is 6.68. The third kappa shape index (κ3) is 3.73. The van der Waals surface area contributed by atoms with Gasteiger partial charge in [0, 0.05) is 18.3 Å². The molecule has 0 radical (unpaired) electrons. The highest BCUT2D eigenvalue weighted by molar-refractivity contribution is 7.80. The molecule has 1 saturated heterocycles. The van der Waals surface area contributed by atoms with E-state index >= 15 is 0 Å². The molecule has 2 amide bonds. The number of hydrogen-bond acceptors (Lipinski definition) is 4. The maximum Gasteiger partial charge on any atom is 0.270 e. The van der Waals surface area contributed by atoms with Gasteiger partial charge in [0.05, 0.1) is 5.69 Å². The second kappa shape index (κ2) is 7.85. The molecule has 1 fully saturated rings. The van der Waals surface area contributed by atoms with Crippen LogP contribution in [0.4, 0.5) is 11.4 Å². The predicted octanol–water partition coefficient (Wildman–Crippen LogP) is 4.86. The molecule has 32 heavy (non-hydrogen) atoms. The number of nitrogens with zero attached hydrogens (tertiary/aromatic N) is 2. The van der Waals surface area contributed by atoms with Crippen LogP contribution in [-0.4, -0.2) is 29.5 Å². The van der Waals surface area contributed by atoms with Gasteiger partial charge in [0.25, 0.3) is 11.8 Å². The second-order valence-corrected chi connectivity index (χ2v) is 9.93. The van der Waals surface area contributed by atoms with Gasteiger partial charge in [-0.1, -0.05) is 19.1 Å². The number of carbonyl (C=O) groups excluding carboxylic acids is 2. The van der Waals surface area contributed by atoms with E-state index in [-0.39, 0.29) is 16.2 Å². The summed E-state index contributed by atoms with van der Waals surface area (Å²) in [5, 5.41) is 2.78. The van der Waals surface area contributed by atoms with Crippen molar-refractivity contribution in [2.75, 3.05) is 16.8 Å². The van der Waals surface area contributed by atoms with E-state index < -0.39 is 11.8 Å². The fraction of sp³-hybridized carbons (Fsp3) is 0.346. The zero-order chi connectivity index (χ0) is 23.4.